The lowest BCUT2D eigenvalue weighted by atomic mass is 10.0. The Morgan fingerprint density at radius 3 is 2.67 bits per heavy atom. The van der Waals surface area contributed by atoms with E-state index in [1.807, 2.05) is 6.08 Å². The van der Waals surface area contributed by atoms with Crippen LogP contribution in [-0.2, 0) is 0 Å². The SMILES string of the molecule is C=CCCC(C)CCNCCC. The fraction of sp³-hybridized carbons (Fsp3) is 0.818. The van der Waals surface area contributed by atoms with Gasteiger partial charge in [-0.25, -0.2) is 0 Å². The topological polar surface area (TPSA) is 12.0 Å². The molecule has 0 aliphatic rings. The number of hydrogen-bond acceptors (Lipinski definition) is 1. The van der Waals surface area contributed by atoms with Crippen molar-refractivity contribution < 1.29 is 0 Å². The predicted molar refractivity (Wildman–Crippen MR) is 56.4 cm³/mol. The molecule has 0 rings (SSSR count). The van der Waals surface area contributed by atoms with Gasteiger partial charge in [-0.05, 0) is 44.7 Å². The van der Waals surface area contributed by atoms with Crippen molar-refractivity contribution in [2.45, 2.75) is 39.5 Å². The van der Waals surface area contributed by atoms with Gasteiger partial charge in [0.15, 0.2) is 0 Å². The Morgan fingerprint density at radius 1 is 1.33 bits per heavy atom. The molecule has 0 spiro atoms. The maximum atomic E-state index is 3.73. The summed E-state index contributed by atoms with van der Waals surface area (Å²) in [4.78, 5) is 0. The summed E-state index contributed by atoms with van der Waals surface area (Å²) in [6.07, 6.45) is 7.00. The summed E-state index contributed by atoms with van der Waals surface area (Å²) in [6, 6.07) is 0. The number of hydrogen-bond donors (Lipinski definition) is 1. The van der Waals surface area contributed by atoms with Gasteiger partial charge in [0.1, 0.15) is 0 Å². The molecule has 1 N–H and O–H groups in total. The van der Waals surface area contributed by atoms with E-state index in [-0.39, 0.29) is 0 Å². The highest BCUT2D eigenvalue weighted by Crippen LogP contribution is 2.08. The molecule has 72 valence electrons. The van der Waals surface area contributed by atoms with Gasteiger partial charge in [0, 0.05) is 0 Å². The predicted octanol–water partition coefficient (Wildman–Crippen LogP) is 2.98. The Balaban J connectivity index is 3.07. The third-order valence-electron chi connectivity index (χ3n) is 2.10. The lowest BCUT2D eigenvalue weighted by Crippen LogP contribution is -2.17. The van der Waals surface area contributed by atoms with Crippen molar-refractivity contribution in [2.24, 2.45) is 5.92 Å². The standard InChI is InChI=1S/C11H23N/c1-4-6-7-11(3)8-10-12-9-5-2/h4,11-12H,1,5-10H2,2-3H3. The molecule has 12 heavy (non-hydrogen) atoms. The van der Waals surface area contributed by atoms with Crippen LogP contribution in [0.2, 0.25) is 0 Å². The van der Waals surface area contributed by atoms with E-state index in [4.69, 9.17) is 0 Å². The average Bonchev–Trinajstić information content (AvgIpc) is 2.09. The molecule has 0 fully saturated rings. The molecule has 1 heteroatoms. The van der Waals surface area contributed by atoms with Crippen molar-refractivity contribution in [3.63, 3.8) is 0 Å². The number of nitrogens with one attached hydrogen (secondary N) is 1. The molecule has 1 unspecified atom stereocenters. The number of rotatable bonds is 8. The normalized spacial score (nSPS) is 12.8. The Hall–Kier alpha value is -0.300. The van der Waals surface area contributed by atoms with Crippen molar-refractivity contribution in [1.29, 1.82) is 0 Å². The lowest BCUT2D eigenvalue weighted by Gasteiger charge is -2.09. The van der Waals surface area contributed by atoms with Crippen LogP contribution in [0.1, 0.15) is 39.5 Å². The van der Waals surface area contributed by atoms with E-state index in [0.717, 1.165) is 18.9 Å². The Bertz CT molecular complexity index is 99.2. The summed E-state index contributed by atoms with van der Waals surface area (Å²) >= 11 is 0. The quantitative estimate of drug-likeness (QED) is 0.435. The molecule has 0 bridgehead atoms. The van der Waals surface area contributed by atoms with Crippen molar-refractivity contribution in [3.8, 4) is 0 Å². The van der Waals surface area contributed by atoms with Crippen LogP contribution in [0.5, 0.6) is 0 Å². The first-order chi connectivity index (χ1) is 5.81. The first kappa shape index (κ1) is 11.7. The molecule has 1 nitrogen and oxygen atoms in total. The minimum Gasteiger partial charge on any atom is -0.317 e. The molecule has 0 saturated heterocycles. The van der Waals surface area contributed by atoms with E-state index in [1.54, 1.807) is 0 Å². The van der Waals surface area contributed by atoms with Gasteiger partial charge in [-0.1, -0.05) is 19.9 Å². The zero-order valence-electron chi connectivity index (χ0n) is 8.60. The molecular weight excluding hydrogens is 146 g/mol. The molecule has 0 aliphatic carbocycles. The second kappa shape index (κ2) is 8.79. The molecular formula is C11H23N. The van der Waals surface area contributed by atoms with Crippen molar-refractivity contribution >= 4 is 0 Å². The minimum absolute atomic E-state index is 0.840. The summed E-state index contributed by atoms with van der Waals surface area (Å²) in [5.41, 5.74) is 0. The van der Waals surface area contributed by atoms with Gasteiger partial charge in [-0.3, -0.25) is 0 Å². The molecule has 0 aromatic heterocycles. The Labute approximate surface area is 77.2 Å². The monoisotopic (exact) mass is 169 g/mol. The molecule has 0 aliphatic heterocycles. The van der Waals surface area contributed by atoms with E-state index in [9.17, 15) is 0 Å². The molecule has 0 aromatic rings. The maximum absolute atomic E-state index is 3.73. The van der Waals surface area contributed by atoms with Gasteiger partial charge in [-0.15, -0.1) is 6.58 Å². The second-order valence-corrected chi connectivity index (χ2v) is 3.51. The van der Waals surface area contributed by atoms with Gasteiger partial charge in [0.05, 0.1) is 0 Å². The van der Waals surface area contributed by atoms with Crippen LogP contribution in [0.4, 0.5) is 0 Å². The molecule has 0 aromatic carbocycles. The Kier molecular flexibility index (Phi) is 8.57. The van der Waals surface area contributed by atoms with Crippen LogP contribution in [0, 0.1) is 5.92 Å². The first-order valence-electron chi connectivity index (χ1n) is 5.12. The Morgan fingerprint density at radius 2 is 2.08 bits per heavy atom. The molecule has 0 saturated carbocycles. The summed E-state index contributed by atoms with van der Waals surface area (Å²) in [5.74, 6) is 0.840. The smallest absolute Gasteiger partial charge is 0.00464 e. The van der Waals surface area contributed by atoms with Crippen LogP contribution in [0.3, 0.4) is 0 Å². The summed E-state index contributed by atoms with van der Waals surface area (Å²) in [5, 5.41) is 3.42. The van der Waals surface area contributed by atoms with Crippen LogP contribution >= 0.6 is 0 Å². The first-order valence-corrected chi connectivity index (χ1v) is 5.12. The third-order valence-corrected chi connectivity index (χ3v) is 2.10. The second-order valence-electron chi connectivity index (χ2n) is 3.51. The molecule has 0 heterocycles. The highest BCUT2D eigenvalue weighted by Gasteiger charge is 1.98. The molecule has 1 atom stereocenters. The third kappa shape index (κ3) is 7.80. The zero-order chi connectivity index (χ0) is 9.23. The fourth-order valence-electron chi connectivity index (χ4n) is 1.20. The van der Waals surface area contributed by atoms with Crippen molar-refractivity contribution in [3.05, 3.63) is 12.7 Å². The van der Waals surface area contributed by atoms with E-state index < -0.39 is 0 Å². The van der Waals surface area contributed by atoms with E-state index in [1.165, 1.54) is 25.8 Å². The largest absolute Gasteiger partial charge is 0.317 e. The highest BCUT2D eigenvalue weighted by molar-refractivity contribution is 4.68. The highest BCUT2D eigenvalue weighted by atomic mass is 14.8. The van der Waals surface area contributed by atoms with E-state index >= 15 is 0 Å². The van der Waals surface area contributed by atoms with Gasteiger partial charge in [0.25, 0.3) is 0 Å². The molecule has 0 radical (unpaired) electrons. The summed E-state index contributed by atoms with van der Waals surface area (Å²) in [6.45, 7) is 10.6. The fourth-order valence-corrected chi connectivity index (χ4v) is 1.20. The maximum Gasteiger partial charge on any atom is -0.00464 e. The lowest BCUT2D eigenvalue weighted by molar-refractivity contribution is 0.474. The number of allylic oxidation sites excluding steroid dienone is 1. The van der Waals surface area contributed by atoms with Crippen LogP contribution < -0.4 is 5.32 Å². The average molecular weight is 169 g/mol. The van der Waals surface area contributed by atoms with Crippen molar-refractivity contribution in [1.82, 2.24) is 5.32 Å². The summed E-state index contributed by atoms with van der Waals surface area (Å²) < 4.78 is 0. The van der Waals surface area contributed by atoms with E-state index in [0.29, 0.717) is 0 Å². The zero-order valence-corrected chi connectivity index (χ0v) is 8.60. The van der Waals surface area contributed by atoms with Gasteiger partial charge in [-0.2, -0.15) is 0 Å². The summed E-state index contributed by atoms with van der Waals surface area (Å²) in [7, 11) is 0. The minimum atomic E-state index is 0.840. The van der Waals surface area contributed by atoms with Gasteiger partial charge >= 0.3 is 0 Å². The van der Waals surface area contributed by atoms with Gasteiger partial charge in [0.2, 0.25) is 0 Å². The van der Waals surface area contributed by atoms with Crippen LogP contribution in [0.15, 0.2) is 12.7 Å². The van der Waals surface area contributed by atoms with Crippen LogP contribution in [0.25, 0.3) is 0 Å². The van der Waals surface area contributed by atoms with Crippen molar-refractivity contribution in [2.75, 3.05) is 13.1 Å². The van der Waals surface area contributed by atoms with Crippen LogP contribution in [-0.4, -0.2) is 13.1 Å². The molecule has 0 amide bonds. The van der Waals surface area contributed by atoms with E-state index in [2.05, 4.69) is 25.7 Å². The van der Waals surface area contributed by atoms with Gasteiger partial charge < -0.3 is 5.32 Å².